The molecule has 0 bridgehead atoms. The number of carbonyl (C=O) groups is 5. The largest absolute Gasteiger partial charge is 0.357 e. The molecule has 4 N–H and O–H groups in total. The van der Waals surface area contributed by atoms with Crippen LogP contribution in [0.3, 0.4) is 0 Å². The Hall–Kier alpha value is -3.24. The number of hydrogen-bond donors (Lipinski definition) is 4. The highest BCUT2D eigenvalue weighted by Crippen LogP contribution is 2.48. The summed E-state index contributed by atoms with van der Waals surface area (Å²) in [6.07, 6.45) is 1.89. The highest BCUT2D eigenvalue weighted by molar-refractivity contribution is 7.59. The lowest BCUT2D eigenvalue weighted by Crippen LogP contribution is -2.53. The van der Waals surface area contributed by atoms with Crippen molar-refractivity contribution < 1.29 is 33.1 Å². The number of amides is 5. The molecular formula is C35H58N5O7P. The molecule has 5 amide bonds. The quantitative estimate of drug-likeness (QED) is 0.159. The predicted octanol–water partition coefficient (Wildman–Crippen LogP) is 4.15. The van der Waals surface area contributed by atoms with Crippen LogP contribution in [-0.2, 0) is 28.3 Å². The SMILES string of the molecule is CCOP(=O)(CNC(=O)[C@H](CC(C)C)NC(=O)[C@@H]1CCCN1C(=O)c1ccccc1)CC(CC(C)C)C(=O)N[C@@H](CC(C)C)C(=O)NC. The highest BCUT2D eigenvalue weighted by atomic mass is 31.2. The predicted molar refractivity (Wildman–Crippen MR) is 187 cm³/mol. The highest BCUT2D eigenvalue weighted by Gasteiger charge is 2.38. The molecule has 1 aromatic carbocycles. The fraction of sp³-hybridized carbons (Fsp3) is 0.686. The van der Waals surface area contributed by atoms with Crippen molar-refractivity contribution in [3.63, 3.8) is 0 Å². The smallest absolute Gasteiger partial charge is 0.254 e. The number of nitrogens with zero attached hydrogens (tertiary/aromatic N) is 1. The second kappa shape index (κ2) is 19.7. The summed E-state index contributed by atoms with van der Waals surface area (Å²) >= 11 is 0. The molecule has 1 aliphatic rings. The van der Waals surface area contributed by atoms with Gasteiger partial charge in [-0.3, -0.25) is 28.5 Å². The molecule has 5 atom stereocenters. The molecule has 2 unspecified atom stereocenters. The Morgan fingerprint density at radius 2 is 1.44 bits per heavy atom. The topological polar surface area (TPSA) is 163 Å². The zero-order chi connectivity index (χ0) is 36.0. The zero-order valence-electron chi connectivity index (χ0n) is 30.0. The Bertz CT molecular complexity index is 1270. The number of likely N-dealkylation sites (N-methyl/N-ethyl adjacent to an activating group) is 1. The van der Waals surface area contributed by atoms with Crippen molar-refractivity contribution in [2.24, 2.45) is 23.7 Å². The van der Waals surface area contributed by atoms with Crippen LogP contribution in [0.4, 0.5) is 0 Å². The maximum Gasteiger partial charge on any atom is 0.254 e. The van der Waals surface area contributed by atoms with Gasteiger partial charge >= 0.3 is 0 Å². The second-order valence-corrected chi connectivity index (χ2v) is 16.5. The summed E-state index contributed by atoms with van der Waals surface area (Å²) in [5, 5.41) is 11.0. The molecule has 0 aromatic heterocycles. The van der Waals surface area contributed by atoms with E-state index in [2.05, 4.69) is 21.3 Å². The van der Waals surface area contributed by atoms with Crippen LogP contribution in [0, 0.1) is 23.7 Å². The molecule has 2 rings (SSSR count). The molecule has 13 heteroatoms. The second-order valence-electron chi connectivity index (χ2n) is 14.0. The molecule has 1 saturated heterocycles. The van der Waals surface area contributed by atoms with E-state index >= 15 is 0 Å². The van der Waals surface area contributed by atoms with Gasteiger partial charge in [-0.05, 0) is 68.9 Å². The maximum absolute atomic E-state index is 14.2. The molecule has 1 aliphatic heterocycles. The molecule has 1 aromatic rings. The third-order valence-corrected chi connectivity index (χ3v) is 10.6. The van der Waals surface area contributed by atoms with Gasteiger partial charge in [0.1, 0.15) is 18.1 Å². The van der Waals surface area contributed by atoms with Gasteiger partial charge in [0.15, 0.2) is 0 Å². The average Bonchev–Trinajstić information content (AvgIpc) is 3.52. The van der Waals surface area contributed by atoms with E-state index in [0.717, 1.165) is 0 Å². The first-order valence-electron chi connectivity index (χ1n) is 17.3. The van der Waals surface area contributed by atoms with Gasteiger partial charge in [0.2, 0.25) is 31.0 Å². The fourth-order valence-electron chi connectivity index (χ4n) is 6.06. The summed E-state index contributed by atoms with van der Waals surface area (Å²) in [7, 11) is -2.07. The van der Waals surface area contributed by atoms with Crippen LogP contribution in [0.2, 0.25) is 0 Å². The minimum absolute atomic E-state index is 0.0450. The molecular weight excluding hydrogens is 633 g/mol. The Morgan fingerprint density at radius 3 is 1.98 bits per heavy atom. The lowest BCUT2D eigenvalue weighted by atomic mass is 9.96. The van der Waals surface area contributed by atoms with Gasteiger partial charge < -0.3 is 30.7 Å². The summed E-state index contributed by atoms with van der Waals surface area (Å²) in [5.74, 6) is -2.29. The first kappa shape index (κ1) is 40.9. The van der Waals surface area contributed by atoms with Crippen LogP contribution in [0.1, 0.15) is 90.9 Å². The first-order chi connectivity index (χ1) is 22.6. The van der Waals surface area contributed by atoms with Crippen molar-refractivity contribution >= 4 is 36.9 Å². The van der Waals surface area contributed by atoms with Crippen molar-refractivity contribution in [2.75, 3.05) is 32.6 Å². The van der Waals surface area contributed by atoms with Gasteiger partial charge in [0, 0.05) is 31.2 Å². The van der Waals surface area contributed by atoms with Crippen LogP contribution in [0.15, 0.2) is 30.3 Å². The number of carbonyl (C=O) groups excluding carboxylic acids is 5. The van der Waals surface area contributed by atoms with Crippen molar-refractivity contribution in [2.45, 2.75) is 98.7 Å². The van der Waals surface area contributed by atoms with E-state index in [-0.39, 0.29) is 54.5 Å². The monoisotopic (exact) mass is 691 g/mol. The van der Waals surface area contributed by atoms with E-state index in [4.69, 9.17) is 4.52 Å². The van der Waals surface area contributed by atoms with Gasteiger partial charge in [-0.25, -0.2) is 0 Å². The third-order valence-electron chi connectivity index (χ3n) is 8.25. The van der Waals surface area contributed by atoms with E-state index in [1.165, 1.54) is 7.05 Å². The van der Waals surface area contributed by atoms with Crippen molar-refractivity contribution in [1.29, 1.82) is 0 Å². The van der Waals surface area contributed by atoms with Crippen molar-refractivity contribution in [3.05, 3.63) is 35.9 Å². The molecule has 0 aliphatic carbocycles. The van der Waals surface area contributed by atoms with E-state index in [1.54, 1.807) is 36.1 Å². The number of hydrogen-bond acceptors (Lipinski definition) is 7. The molecule has 12 nitrogen and oxygen atoms in total. The van der Waals surface area contributed by atoms with Crippen LogP contribution >= 0.6 is 7.37 Å². The van der Waals surface area contributed by atoms with Crippen LogP contribution in [0.25, 0.3) is 0 Å². The Labute approximate surface area is 286 Å². The molecule has 0 radical (unpaired) electrons. The average molecular weight is 692 g/mol. The number of benzene rings is 1. The minimum Gasteiger partial charge on any atom is -0.357 e. The summed E-state index contributed by atoms with van der Waals surface area (Å²) in [6, 6.07) is 6.41. The van der Waals surface area contributed by atoms with Gasteiger partial charge in [0.05, 0.1) is 12.9 Å². The lowest BCUT2D eigenvalue weighted by molar-refractivity contribution is -0.131. The Kier molecular flexibility index (Phi) is 16.8. The standard InChI is InChI=1S/C35H58N5O7P/c1-9-47-48(46,21-27(18-23(2)3)31(41)38-28(19-24(4)5)32(42)36-8)22-37-33(43)29(20-25(6)7)39-34(44)30-16-13-17-40(30)35(45)26-14-11-10-12-15-26/h10-12,14-15,23-25,27-30H,9,13,16-22H2,1-8H3,(H,36,42)(H,37,43)(H,38,41)(H,39,44)/t27?,28-,29-,30-,48?/m0/s1. The summed E-state index contributed by atoms with van der Waals surface area (Å²) < 4.78 is 19.9. The van der Waals surface area contributed by atoms with Crippen LogP contribution < -0.4 is 21.3 Å². The van der Waals surface area contributed by atoms with Crippen molar-refractivity contribution in [1.82, 2.24) is 26.2 Å². The van der Waals surface area contributed by atoms with E-state index < -0.39 is 43.2 Å². The van der Waals surface area contributed by atoms with Crippen molar-refractivity contribution in [3.8, 4) is 0 Å². The summed E-state index contributed by atoms with van der Waals surface area (Å²) in [4.78, 5) is 67.8. The molecule has 0 spiro atoms. The minimum atomic E-state index is -3.59. The molecule has 1 fully saturated rings. The van der Waals surface area contributed by atoms with Gasteiger partial charge in [0.25, 0.3) is 5.91 Å². The zero-order valence-corrected chi connectivity index (χ0v) is 30.9. The fourth-order valence-corrected chi connectivity index (χ4v) is 8.24. The van der Waals surface area contributed by atoms with Crippen LogP contribution in [-0.4, -0.2) is 85.2 Å². The van der Waals surface area contributed by atoms with Gasteiger partial charge in [-0.1, -0.05) is 59.7 Å². The van der Waals surface area contributed by atoms with E-state index in [0.29, 0.717) is 44.2 Å². The van der Waals surface area contributed by atoms with E-state index in [1.807, 2.05) is 47.6 Å². The maximum atomic E-state index is 14.2. The number of rotatable bonds is 19. The normalized spacial score (nSPS) is 17.8. The molecule has 48 heavy (non-hydrogen) atoms. The number of nitrogens with one attached hydrogen (secondary N) is 4. The third kappa shape index (κ3) is 13.0. The Morgan fingerprint density at radius 1 is 0.854 bits per heavy atom. The molecule has 270 valence electrons. The Balaban J connectivity index is 2.19. The summed E-state index contributed by atoms with van der Waals surface area (Å²) in [5.41, 5.74) is 0.494. The summed E-state index contributed by atoms with van der Waals surface area (Å²) in [6.45, 7) is 13.9. The molecule has 0 saturated carbocycles. The number of likely N-dealkylation sites (tertiary alicyclic amines) is 1. The van der Waals surface area contributed by atoms with E-state index in [9.17, 15) is 28.5 Å². The lowest BCUT2D eigenvalue weighted by Gasteiger charge is -2.29. The first-order valence-corrected chi connectivity index (χ1v) is 19.3. The van der Waals surface area contributed by atoms with Crippen LogP contribution in [0.5, 0.6) is 0 Å². The van der Waals surface area contributed by atoms with Gasteiger partial charge in [-0.15, -0.1) is 0 Å². The molecule has 1 heterocycles. The van der Waals surface area contributed by atoms with Gasteiger partial charge in [-0.2, -0.15) is 0 Å².